The molecule has 0 aromatic heterocycles. The molecule has 0 aliphatic rings. The molecule has 0 radical (unpaired) electrons. The van der Waals surface area contributed by atoms with Crippen molar-refractivity contribution in [1.82, 2.24) is 0 Å². The average molecular weight is 354 g/mol. The van der Waals surface area contributed by atoms with Crippen molar-refractivity contribution in [3.05, 3.63) is 63.1 Å². The Labute approximate surface area is 131 Å². The predicted molar refractivity (Wildman–Crippen MR) is 84.8 cm³/mol. The fourth-order valence-electron chi connectivity index (χ4n) is 1.83. The summed E-state index contributed by atoms with van der Waals surface area (Å²) < 4.78 is 6.38. The number of carbonyl (C=O) groups is 1. The van der Waals surface area contributed by atoms with Crippen molar-refractivity contribution in [1.29, 1.82) is 0 Å². The molecule has 2 aromatic rings. The maximum atomic E-state index is 12.5. The van der Waals surface area contributed by atoms with Gasteiger partial charge in [-0.1, -0.05) is 39.7 Å². The van der Waals surface area contributed by atoms with Gasteiger partial charge in [-0.15, -0.1) is 0 Å². The Morgan fingerprint density at radius 1 is 1.15 bits per heavy atom. The highest BCUT2D eigenvalue weighted by Gasteiger charge is 2.12. The highest BCUT2D eigenvalue weighted by molar-refractivity contribution is 9.10. The van der Waals surface area contributed by atoms with Crippen LogP contribution in [-0.2, 0) is 0 Å². The second-order valence-corrected chi connectivity index (χ2v) is 6.03. The topological polar surface area (TPSA) is 26.3 Å². The quantitative estimate of drug-likeness (QED) is 0.713. The second kappa shape index (κ2) is 6.42. The number of hydrogen-bond acceptors (Lipinski definition) is 2. The molecule has 2 nitrogen and oxygen atoms in total. The lowest BCUT2D eigenvalue weighted by Gasteiger charge is -2.10. The third-order valence-corrected chi connectivity index (χ3v) is 3.27. The van der Waals surface area contributed by atoms with Crippen molar-refractivity contribution in [3.63, 3.8) is 0 Å². The summed E-state index contributed by atoms with van der Waals surface area (Å²) in [5.74, 6) is 0.606. The second-order valence-electron chi connectivity index (χ2n) is 4.68. The number of ketones is 1. The molecule has 0 bridgehead atoms. The molecule has 104 valence electrons. The van der Waals surface area contributed by atoms with E-state index in [2.05, 4.69) is 15.9 Å². The van der Waals surface area contributed by atoms with Crippen LogP contribution in [0.1, 0.15) is 29.8 Å². The molecule has 0 saturated heterocycles. The Balaban J connectivity index is 2.33. The lowest BCUT2D eigenvalue weighted by atomic mass is 10.0. The normalized spacial score (nSPS) is 10.7. The first-order chi connectivity index (χ1) is 9.45. The zero-order chi connectivity index (χ0) is 14.7. The number of rotatable bonds is 4. The van der Waals surface area contributed by atoms with E-state index in [9.17, 15) is 4.79 Å². The number of benzene rings is 2. The summed E-state index contributed by atoms with van der Waals surface area (Å²) >= 11 is 9.31. The van der Waals surface area contributed by atoms with Gasteiger partial charge in [0.1, 0.15) is 5.75 Å². The molecule has 20 heavy (non-hydrogen) atoms. The summed E-state index contributed by atoms with van der Waals surface area (Å²) in [5, 5.41) is 0.525. The zero-order valence-electron chi connectivity index (χ0n) is 11.2. The van der Waals surface area contributed by atoms with Crippen molar-refractivity contribution in [2.45, 2.75) is 20.0 Å². The van der Waals surface area contributed by atoms with E-state index in [0.717, 1.165) is 4.47 Å². The molecule has 0 atom stereocenters. The summed E-state index contributed by atoms with van der Waals surface area (Å²) in [6.07, 6.45) is 0.0701. The van der Waals surface area contributed by atoms with Crippen molar-refractivity contribution in [2.75, 3.05) is 0 Å². The molecule has 2 aromatic carbocycles. The zero-order valence-corrected chi connectivity index (χ0v) is 13.5. The first kappa shape index (κ1) is 15.1. The van der Waals surface area contributed by atoms with Gasteiger partial charge in [0.15, 0.2) is 5.78 Å². The fourth-order valence-corrected chi connectivity index (χ4v) is 2.69. The van der Waals surface area contributed by atoms with Gasteiger partial charge in [0.25, 0.3) is 0 Å². The minimum absolute atomic E-state index is 0.0701. The molecule has 0 saturated carbocycles. The smallest absolute Gasteiger partial charge is 0.193 e. The van der Waals surface area contributed by atoms with Crippen molar-refractivity contribution < 1.29 is 9.53 Å². The van der Waals surface area contributed by atoms with Gasteiger partial charge in [0, 0.05) is 20.6 Å². The summed E-state index contributed by atoms with van der Waals surface area (Å²) in [6, 6.07) is 12.3. The van der Waals surface area contributed by atoms with Gasteiger partial charge < -0.3 is 4.74 Å². The van der Waals surface area contributed by atoms with Gasteiger partial charge in [0.05, 0.1) is 6.10 Å². The largest absolute Gasteiger partial charge is 0.491 e. The van der Waals surface area contributed by atoms with Crippen LogP contribution in [0.3, 0.4) is 0 Å². The van der Waals surface area contributed by atoms with Crippen LogP contribution in [0.5, 0.6) is 5.75 Å². The van der Waals surface area contributed by atoms with Crippen LogP contribution >= 0.6 is 27.5 Å². The Kier molecular flexibility index (Phi) is 4.84. The Morgan fingerprint density at radius 3 is 2.55 bits per heavy atom. The molecule has 0 unspecified atom stereocenters. The maximum Gasteiger partial charge on any atom is 0.193 e. The van der Waals surface area contributed by atoms with E-state index in [-0.39, 0.29) is 11.9 Å². The molecule has 0 heterocycles. The molecule has 0 N–H and O–H groups in total. The summed E-state index contributed by atoms with van der Waals surface area (Å²) in [4.78, 5) is 12.5. The summed E-state index contributed by atoms with van der Waals surface area (Å²) in [5.41, 5.74) is 1.13. The van der Waals surface area contributed by atoms with Crippen molar-refractivity contribution in [3.8, 4) is 5.75 Å². The van der Waals surface area contributed by atoms with E-state index in [1.54, 1.807) is 30.3 Å². The van der Waals surface area contributed by atoms with E-state index >= 15 is 0 Å². The SMILES string of the molecule is CC(C)Oc1cccc(C(=O)c2cc(Cl)cc(Br)c2)c1. The van der Waals surface area contributed by atoms with Gasteiger partial charge in [-0.25, -0.2) is 0 Å². The first-order valence-corrected chi connectivity index (χ1v) is 7.40. The molecule has 0 aliphatic heterocycles. The lowest BCUT2D eigenvalue weighted by Crippen LogP contribution is -2.07. The van der Waals surface area contributed by atoms with Crippen LogP contribution in [0.15, 0.2) is 46.9 Å². The van der Waals surface area contributed by atoms with Gasteiger partial charge in [0.2, 0.25) is 0 Å². The van der Waals surface area contributed by atoms with E-state index in [0.29, 0.717) is 21.9 Å². The highest BCUT2D eigenvalue weighted by Crippen LogP contribution is 2.23. The number of halogens is 2. The van der Waals surface area contributed by atoms with E-state index in [1.165, 1.54) is 0 Å². The fraction of sp³-hybridized carbons (Fsp3) is 0.188. The molecular formula is C16H14BrClO2. The van der Waals surface area contributed by atoms with Crippen molar-refractivity contribution in [2.24, 2.45) is 0 Å². The van der Waals surface area contributed by atoms with Crippen LogP contribution in [0.25, 0.3) is 0 Å². The molecular weight excluding hydrogens is 340 g/mol. The third kappa shape index (κ3) is 3.84. The van der Waals surface area contributed by atoms with Gasteiger partial charge in [-0.05, 0) is 44.2 Å². The minimum Gasteiger partial charge on any atom is -0.491 e. The molecule has 0 spiro atoms. The number of ether oxygens (including phenoxy) is 1. The Morgan fingerprint density at radius 2 is 1.90 bits per heavy atom. The van der Waals surface area contributed by atoms with E-state index < -0.39 is 0 Å². The Bertz CT molecular complexity index is 618. The van der Waals surface area contributed by atoms with Crippen LogP contribution in [-0.4, -0.2) is 11.9 Å². The van der Waals surface area contributed by atoms with Crippen LogP contribution in [0, 0.1) is 0 Å². The van der Waals surface area contributed by atoms with Gasteiger partial charge >= 0.3 is 0 Å². The average Bonchev–Trinajstić information content (AvgIpc) is 2.36. The molecule has 0 aliphatic carbocycles. The monoisotopic (exact) mass is 352 g/mol. The van der Waals surface area contributed by atoms with Crippen LogP contribution in [0.2, 0.25) is 5.02 Å². The lowest BCUT2D eigenvalue weighted by molar-refractivity contribution is 0.103. The highest BCUT2D eigenvalue weighted by atomic mass is 79.9. The minimum atomic E-state index is -0.0811. The van der Waals surface area contributed by atoms with Crippen molar-refractivity contribution >= 4 is 33.3 Å². The van der Waals surface area contributed by atoms with E-state index in [1.807, 2.05) is 26.0 Å². The standard InChI is InChI=1S/C16H14BrClO2/c1-10(2)20-15-5-3-4-11(8-15)16(19)12-6-13(17)9-14(18)7-12/h3-10H,1-2H3. The molecule has 2 rings (SSSR count). The van der Waals surface area contributed by atoms with Crippen LogP contribution < -0.4 is 4.74 Å². The summed E-state index contributed by atoms with van der Waals surface area (Å²) in [6.45, 7) is 3.89. The van der Waals surface area contributed by atoms with E-state index in [4.69, 9.17) is 16.3 Å². The summed E-state index contributed by atoms with van der Waals surface area (Å²) in [7, 11) is 0. The molecule has 0 fully saturated rings. The van der Waals surface area contributed by atoms with Gasteiger partial charge in [-0.3, -0.25) is 4.79 Å². The van der Waals surface area contributed by atoms with Crippen LogP contribution in [0.4, 0.5) is 0 Å². The third-order valence-electron chi connectivity index (χ3n) is 2.59. The number of carbonyl (C=O) groups excluding carboxylic acids is 1. The predicted octanol–water partition coefficient (Wildman–Crippen LogP) is 5.12. The van der Waals surface area contributed by atoms with Gasteiger partial charge in [-0.2, -0.15) is 0 Å². The Hall–Kier alpha value is -1.32. The maximum absolute atomic E-state index is 12.5. The number of hydrogen-bond donors (Lipinski definition) is 0. The molecule has 0 amide bonds. The first-order valence-electron chi connectivity index (χ1n) is 6.23. The molecule has 4 heteroatoms.